The molecule has 0 aromatic carbocycles. The Balaban J connectivity index is 1.59. The summed E-state index contributed by atoms with van der Waals surface area (Å²) in [5.41, 5.74) is 4.20. The van der Waals surface area contributed by atoms with E-state index in [1.54, 1.807) is 6.07 Å². The summed E-state index contributed by atoms with van der Waals surface area (Å²) in [5.74, 6) is -0.107. The maximum Gasteiger partial charge on any atom is 0.269 e. The van der Waals surface area contributed by atoms with Crippen molar-refractivity contribution >= 4 is 5.91 Å². The first-order chi connectivity index (χ1) is 11.6. The lowest BCUT2D eigenvalue weighted by molar-refractivity contribution is 0.0941. The second kappa shape index (κ2) is 7.17. The van der Waals surface area contributed by atoms with Crippen LogP contribution < -0.4 is 5.32 Å². The van der Waals surface area contributed by atoms with E-state index >= 15 is 0 Å². The van der Waals surface area contributed by atoms with Crippen LogP contribution >= 0.6 is 0 Å². The van der Waals surface area contributed by atoms with Gasteiger partial charge in [0.1, 0.15) is 5.69 Å². The fraction of sp³-hybridized carbons (Fsp3) is 0.588. The molecular formula is C17H26N6O. The number of nitrogens with one attached hydrogen (secondary N) is 2. The predicted octanol–water partition coefficient (Wildman–Crippen LogP) is 1.64. The summed E-state index contributed by atoms with van der Waals surface area (Å²) in [4.78, 5) is 14.7. The lowest BCUT2D eigenvalue weighted by atomic mass is 10.1. The number of nitrogens with zero attached hydrogens (tertiary/aromatic N) is 4. The molecule has 1 amide bonds. The van der Waals surface area contributed by atoms with Gasteiger partial charge in [-0.1, -0.05) is 6.42 Å². The van der Waals surface area contributed by atoms with E-state index in [1.165, 1.54) is 19.3 Å². The lowest BCUT2D eigenvalue weighted by Gasteiger charge is -2.26. The van der Waals surface area contributed by atoms with Crippen LogP contribution in [0.1, 0.15) is 41.1 Å². The summed E-state index contributed by atoms with van der Waals surface area (Å²) in [6, 6.07) is 1.80. The van der Waals surface area contributed by atoms with Crippen molar-refractivity contribution in [3.63, 3.8) is 0 Å². The second-order valence-corrected chi connectivity index (χ2v) is 6.49. The predicted molar refractivity (Wildman–Crippen MR) is 92.9 cm³/mol. The molecule has 130 valence electrons. The van der Waals surface area contributed by atoms with Crippen molar-refractivity contribution in [3.05, 3.63) is 23.1 Å². The molecule has 24 heavy (non-hydrogen) atoms. The first-order valence-corrected chi connectivity index (χ1v) is 8.63. The number of aryl methyl sites for hydroxylation is 2. The van der Waals surface area contributed by atoms with Gasteiger partial charge in [-0.05, 0) is 45.8 Å². The van der Waals surface area contributed by atoms with Crippen LogP contribution in [0.5, 0.6) is 0 Å². The first-order valence-electron chi connectivity index (χ1n) is 8.63. The average molecular weight is 330 g/mol. The quantitative estimate of drug-likeness (QED) is 0.873. The van der Waals surface area contributed by atoms with Gasteiger partial charge in [-0.25, -0.2) is 0 Å². The Morgan fingerprint density at radius 3 is 2.71 bits per heavy atom. The van der Waals surface area contributed by atoms with Crippen molar-refractivity contribution in [2.24, 2.45) is 7.05 Å². The van der Waals surface area contributed by atoms with Gasteiger partial charge in [0.15, 0.2) is 0 Å². The van der Waals surface area contributed by atoms with Crippen LogP contribution in [-0.2, 0) is 7.05 Å². The summed E-state index contributed by atoms with van der Waals surface area (Å²) >= 11 is 0. The average Bonchev–Trinajstić information content (AvgIpc) is 3.14. The van der Waals surface area contributed by atoms with Gasteiger partial charge in [-0.15, -0.1) is 0 Å². The SMILES string of the molecule is Cc1nn(C)c(C)c1-c1cc(C(=O)NCCN2CCCCC2)[nH]n1. The Labute approximate surface area is 142 Å². The van der Waals surface area contributed by atoms with E-state index in [-0.39, 0.29) is 5.91 Å². The van der Waals surface area contributed by atoms with Crippen molar-refractivity contribution in [1.82, 2.24) is 30.2 Å². The largest absolute Gasteiger partial charge is 0.349 e. The number of likely N-dealkylation sites (tertiary alicyclic amines) is 1. The monoisotopic (exact) mass is 330 g/mol. The minimum atomic E-state index is -0.107. The number of carbonyl (C=O) groups excluding carboxylic acids is 1. The van der Waals surface area contributed by atoms with E-state index in [0.717, 1.165) is 42.3 Å². The van der Waals surface area contributed by atoms with Gasteiger partial charge in [0.2, 0.25) is 0 Å². The highest BCUT2D eigenvalue weighted by Gasteiger charge is 2.17. The van der Waals surface area contributed by atoms with E-state index in [4.69, 9.17) is 0 Å². The number of hydrogen-bond acceptors (Lipinski definition) is 4. The summed E-state index contributed by atoms with van der Waals surface area (Å²) in [6.45, 7) is 7.82. The fourth-order valence-electron chi connectivity index (χ4n) is 3.32. The zero-order valence-corrected chi connectivity index (χ0v) is 14.7. The summed E-state index contributed by atoms with van der Waals surface area (Å²) < 4.78 is 1.83. The van der Waals surface area contributed by atoms with Gasteiger partial charge in [0.05, 0.1) is 11.4 Å². The van der Waals surface area contributed by atoms with Gasteiger partial charge in [0, 0.05) is 31.4 Å². The molecule has 0 aliphatic carbocycles. The molecule has 0 atom stereocenters. The number of aromatic nitrogens is 4. The third-order valence-electron chi connectivity index (χ3n) is 4.75. The minimum absolute atomic E-state index is 0.107. The standard InChI is InChI=1S/C17H26N6O/c1-12-16(13(2)22(3)21-12)14-11-15(20-19-14)17(24)18-7-10-23-8-5-4-6-9-23/h11H,4-10H2,1-3H3,(H,18,24)(H,19,20). The number of rotatable bonds is 5. The zero-order chi connectivity index (χ0) is 17.1. The molecule has 1 aliphatic heterocycles. The molecule has 2 aromatic heterocycles. The zero-order valence-electron chi connectivity index (χ0n) is 14.7. The van der Waals surface area contributed by atoms with Crippen LogP contribution in [0.3, 0.4) is 0 Å². The highest BCUT2D eigenvalue weighted by atomic mass is 16.1. The van der Waals surface area contributed by atoms with Gasteiger partial charge in [-0.2, -0.15) is 10.2 Å². The van der Waals surface area contributed by atoms with Gasteiger partial charge >= 0.3 is 0 Å². The number of H-pyrrole nitrogens is 1. The molecule has 0 unspecified atom stereocenters. The highest BCUT2D eigenvalue weighted by Crippen LogP contribution is 2.25. The molecule has 0 spiro atoms. The van der Waals surface area contributed by atoms with Crippen LogP contribution in [0.2, 0.25) is 0 Å². The Morgan fingerprint density at radius 1 is 1.29 bits per heavy atom. The molecule has 7 heteroatoms. The van der Waals surface area contributed by atoms with Crippen molar-refractivity contribution < 1.29 is 4.79 Å². The first kappa shape index (κ1) is 16.7. The molecule has 7 nitrogen and oxygen atoms in total. The van der Waals surface area contributed by atoms with Crippen molar-refractivity contribution in [3.8, 4) is 11.3 Å². The van der Waals surface area contributed by atoms with Crippen LogP contribution in [0.25, 0.3) is 11.3 Å². The van der Waals surface area contributed by atoms with Gasteiger partial charge in [-0.3, -0.25) is 14.6 Å². The summed E-state index contributed by atoms with van der Waals surface area (Å²) in [7, 11) is 1.91. The Hall–Kier alpha value is -2.15. The van der Waals surface area contributed by atoms with E-state index in [2.05, 4.69) is 25.5 Å². The molecule has 0 radical (unpaired) electrons. The Bertz CT molecular complexity index is 711. The second-order valence-electron chi connectivity index (χ2n) is 6.49. The molecule has 1 saturated heterocycles. The molecular weight excluding hydrogens is 304 g/mol. The molecule has 1 fully saturated rings. The van der Waals surface area contributed by atoms with E-state index < -0.39 is 0 Å². The Kier molecular flexibility index (Phi) is 4.99. The number of amides is 1. The van der Waals surface area contributed by atoms with Gasteiger partial charge < -0.3 is 10.2 Å². The fourth-order valence-corrected chi connectivity index (χ4v) is 3.32. The minimum Gasteiger partial charge on any atom is -0.349 e. The smallest absolute Gasteiger partial charge is 0.269 e. The molecule has 1 aliphatic rings. The summed E-state index contributed by atoms with van der Waals surface area (Å²) in [5, 5.41) is 14.5. The van der Waals surface area contributed by atoms with E-state index in [1.807, 2.05) is 25.6 Å². The maximum absolute atomic E-state index is 12.3. The van der Waals surface area contributed by atoms with Crippen LogP contribution in [0.4, 0.5) is 0 Å². The normalized spacial score (nSPS) is 15.6. The van der Waals surface area contributed by atoms with Crippen molar-refractivity contribution in [2.75, 3.05) is 26.2 Å². The van der Waals surface area contributed by atoms with Crippen LogP contribution in [0.15, 0.2) is 6.07 Å². The number of hydrogen-bond donors (Lipinski definition) is 2. The molecule has 2 N–H and O–H groups in total. The van der Waals surface area contributed by atoms with Crippen LogP contribution in [-0.4, -0.2) is 57.0 Å². The number of carbonyl (C=O) groups is 1. The Morgan fingerprint density at radius 2 is 2.04 bits per heavy atom. The summed E-state index contributed by atoms with van der Waals surface area (Å²) in [6.07, 6.45) is 3.86. The topological polar surface area (TPSA) is 78.8 Å². The van der Waals surface area contributed by atoms with Crippen LogP contribution in [0, 0.1) is 13.8 Å². The molecule has 3 heterocycles. The molecule has 3 rings (SSSR count). The lowest BCUT2D eigenvalue weighted by Crippen LogP contribution is -2.37. The highest BCUT2D eigenvalue weighted by molar-refractivity contribution is 5.93. The maximum atomic E-state index is 12.3. The van der Waals surface area contributed by atoms with Crippen molar-refractivity contribution in [2.45, 2.75) is 33.1 Å². The number of aromatic amines is 1. The number of piperidine rings is 1. The molecule has 0 bridgehead atoms. The molecule has 0 saturated carbocycles. The molecule has 2 aromatic rings. The third-order valence-corrected chi connectivity index (χ3v) is 4.75. The van der Waals surface area contributed by atoms with E-state index in [0.29, 0.717) is 12.2 Å². The van der Waals surface area contributed by atoms with Gasteiger partial charge in [0.25, 0.3) is 5.91 Å². The van der Waals surface area contributed by atoms with E-state index in [9.17, 15) is 4.79 Å². The van der Waals surface area contributed by atoms with Crippen molar-refractivity contribution in [1.29, 1.82) is 0 Å². The third kappa shape index (κ3) is 3.51.